The molecule has 0 amide bonds. The van der Waals surface area contributed by atoms with Crippen LogP contribution in [0.15, 0.2) is 23.1 Å². The third kappa shape index (κ3) is 4.75. The maximum Gasteiger partial charge on any atom is 0.242 e. The van der Waals surface area contributed by atoms with Crippen LogP contribution < -0.4 is 10.5 Å². The van der Waals surface area contributed by atoms with Crippen molar-refractivity contribution < 1.29 is 22.7 Å². The molecule has 8 heteroatoms. The summed E-state index contributed by atoms with van der Waals surface area (Å²) >= 11 is 0. The lowest BCUT2D eigenvalue weighted by molar-refractivity contribution is 0.0603. The Morgan fingerprint density at radius 1 is 1.53 bits per heavy atom. The summed E-state index contributed by atoms with van der Waals surface area (Å²) in [5.74, 6) is -0.605. The number of nitrogens with two attached hydrogens (primary N) is 1. The molecular weight excluding hydrogens is 275 g/mol. The molecule has 19 heavy (non-hydrogen) atoms. The molecule has 0 saturated carbocycles. The second kappa shape index (κ2) is 6.80. The molecule has 0 aliphatic carbocycles. The standard InChI is InChI=1S/C11H17FN2O4S/c1-18-7-9(15)4-5-14-19(16,17)11-3-2-8(12)6-10(11)13/h2-3,6,9,14-15H,4-5,7,13H2,1H3. The number of anilines is 1. The Hall–Kier alpha value is -1.22. The third-order valence-electron chi connectivity index (χ3n) is 2.39. The Labute approximate surface area is 111 Å². The van der Waals surface area contributed by atoms with Gasteiger partial charge in [0.05, 0.1) is 18.4 Å². The average Bonchev–Trinajstić information content (AvgIpc) is 2.28. The molecule has 0 spiro atoms. The molecule has 1 unspecified atom stereocenters. The number of ether oxygens (including phenoxy) is 1. The molecule has 1 atom stereocenters. The van der Waals surface area contributed by atoms with Gasteiger partial charge in [-0.15, -0.1) is 0 Å². The molecule has 1 aromatic rings. The van der Waals surface area contributed by atoms with Crippen LogP contribution in [-0.2, 0) is 14.8 Å². The number of hydrogen-bond acceptors (Lipinski definition) is 5. The van der Waals surface area contributed by atoms with E-state index in [0.29, 0.717) is 0 Å². The fraction of sp³-hybridized carbons (Fsp3) is 0.455. The molecule has 1 rings (SSSR count). The van der Waals surface area contributed by atoms with E-state index in [1.54, 1.807) is 0 Å². The molecule has 0 aliphatic heterocycles. The van der Waals surface area contributed by atoms with Gasteiger partial charge >= 0.3 is 0 Å². The summed E-state index contributed by atoms with van der Waals surface area (Å²) in [6, 6.07) is 3.05. The number of benzene rings is 1. The first-order valence-electron chi connectivity index (χ1n) is 5.58. The van der Waals surface area contributed by atoms with Gasteiger partial charge in [-0.2, -0.15) is 0 Å². The van der Waals surface area contributed by atoms with Crippen molar-refractivity contribution in [1.29, 1.82) is 0 Å². The van der Waals surface area contributed by atoms with Gasteiger partial charge in [-0.25, -0.2) is 17.5 Å². The zero-order chi connectivity index (χ0) is 14.5. The summed E-state index contributed by atoms with van der Waals surface area (Å²) in [5.41, 5.74) is 5.30. The highest BCUT2D eigenvalue weighted by Gasteiger charge is 2.17. The number of nitrogen functional groups attached to an aromatic ring is 1. The summed E-state index contributed by atoms with van der Waals surface area (Å²) in [4.78, 5) is -0.185. The first-order valence-corrected chi connectivity index (χ1v) is 7.07. The van der Waals surface area contributed by atoms with Crippen molar-refractivity contribution in [3.8, 4) is 0 Å². The van der Waals surface area contributed by atoms with Gasteiger partial charge in [-0.1, -0.05) is 0 Å². The average molecular weight is 292 g/mol. The van der Waals surface area contributed by atoms with Crippen molar-refractivity contribution in [3.05, 3.63) is 24.0 Å². The maximum atomic E-state index is 12.8. The number of aliphatic hydroxyl groups excluding tert-OH is 1. The second-order valence-electron chi connectivity index (χ2n) is 3.98. The van der Waals surface area contributed by atoms with E-state index in [1.807, 2.05) is 0 Å². The highest BCUT2D eigenvalue weighted by atomic mass is 32.2. The fourth-order valence-electron chi connectivity index (χ4n) is 1.48. The van der Waals surface area contributed by atoms with Crippen molar-refractivity contribution in [2.75, 3.05) is 26.0 Å². The van der Waals surface area contributed by atoms with Crippen LogP contribution in [0.5, 0.6) is 0 Å². The summed E-state index contributed by atoms with van der Waals surface area (Å²) in [6.07, 6.45) is -0.549. The summed E-state index contributed by atoms with van der Waals surface area (Å²) in [6.45, 7) is 0.157. The molecule has 108 valence electrons. The van der Waals surface area contributed by atoms with E-state index in [0.717, 1.165) is 18.2 Å². The Morgan fingerprint density at radius 2 is 2.21 bits per heavy atom. The zero-order valence-electron chi connectivity index (χ0n) is 10.5. The van der Waals surface area contributed by atoms with Gasteiger partial charge in [0, 0.05) is 13.7 Å². The van der Waals surface area contributed by atoms with Crippen LogP contribution in [0, 0.1) is 5.82 Å². The lowest BCUT2D eigenvalue weighted by Gasteiger charge is -2.11. The van der Waals surface area contributed by atoms with Crippen LogP contribution in [0.2, 0.25) is 0 Å². The SMILES string of the molecule is COCC(O)CCNS(=O)(=O)c1ccc(F)cc1N. The van der Waals surface area contributed by atoms with E-state index in [4.69, 9.17) is 10.5 Å². The van der Waals surface area contributed by atoms with Crippen LogP contribution in [0.3, 0.4) is 0 Å². The minimum Gasteiger partial charge on any atom is -0.398 e. The molecule has 0 aliphatic rings. The van der Waals surface area contributed by atoms with E-state index in [1.165, 1.54) is 7.11 Å². The number of sulfonamides is 1. The van der Waals surface area contributed by atoms with Gasteiger partial charge in [-0.05, 0) is 24.6 Å². The molecule has 0 radical (unpaired) electrons. The summed E-state index contributed by atoms with van der Waals surface area (Å²) in [5, 5.41) is 9.37. The first kappa shape index (κ1) is 15.8. The van der Waals surface area contributed by atoms with Gasteiger partial charge in [0.1, 0.15) is 10.7 Å². The minimum atomic E-state index is -3.81. The summed E-state index contributed by atoms with van der Waals surface area (Å²) in [7, 11) is -2.37. The highest BCUT2D eigenvalue weighted by Crippen LogP contribution is 2.18. The Bertz CT molecular complexity index is 521. The second-order valence-corrected chi connectivity index (χ2v) is 5.71. The minimum absolute atomic E-state index is 0.0314. The molecule has 0 bridgehead atoms. The molecule has 0 heterocycles. The number of methoxy groups -OCH3 is 1. The first-order chi connectivity index (χ1) is 8.86. The Balaban J connectivity index is 2.66. The van der Waals surface area contributed by atoms with Crippen molar-refractivity contribution >= 4 is 15.7 Å². The highest BCUT2D eigenvalue weighted by molar-refractivity contribution is 7.89. The van der Waals surface area contributed by atoms with Crippen LogP contribution in [0.25, 0.3) is 0 Å². The van der Waals surface area contributed by atoms with Crippen LogP contribution >= 0.6 is 0 Å². The van der Waals surface area contributed by atoms with Crippen LogP contribution in [0.1, 0.15) is 6.42 Å². The largest absolute Gasteiger partial charge is 0.398 e. The summed E-state index contributed by atoms with van der Waals surface area (Å²) < 4.78 is 43.6. The zero-order valence-corrected chi connectivity index (χ0v) is 11.3. The molecule has 6 nitrogen and oxygen atoms in total. The molecule has 0 saturated heterocycles. The monoisotopic (exact) mass is 292 g/mol. The van der Waals surface area contributed by atoms with Gasteiger partial charge in [-0.3, -0.25) is 0 Å². The predicted molar refractivity (Wildman–Crippen MR) is 68.5 cm³/mol. The van der Waals surface area contributed by atoms with E-state index in [2.05, 4.69) is 4.72 Å². The van der Waals surface area contributed by atoms with E-state index in [9.17, 15) is 17.9 Å². The van der Waals surface area contributed by atoms with Crippen molar-refractivity contribution in [2.45, 2.75) is 17.4 Å². The normalized spacial score (nSPS) is 13.4. The topological polar surface area (TPSA) is 102 Å². The van der Waals surface area contributed by atoms with E-state index >= 15 is 0 Å². The third-order valence-corrected chi connectivity index (χ3v) is 3.93. The van der Waals surface area contributed by atoms with Crippen LogP contribution in [-0.4, -0.2) is 39.9 Å². The molecule has 4 N–H and O–H groups in total. The van der Waals surface area contributed by atoms with E-state index in [-0.39, 0.29) is 30.2 Å². The number of nitrogens with one attached hydrogen (secondary N) is 1. The quantitative estimate of drug-likeness (QED) is 0.618. The number of aliphatic hydroxyl groups is 1. The molecular formula is C11H17FN2O4S. The predicted octanol–water partition coefficient (Wildman–Crippen LogP) is 0.0836. The van der Waals surface area contributed by atoms with Gasteiger partial charge in [0.2, 0.25) is 10.0 Å². The molecule has 1 aromatic carbocycles. The number of halogens is 1. The Kier molecular flexibility index (Phi) is 5.67. The van der Waals surface area contributed by atoms with Gasteiger partial charge in [0.25, 0.3) is 0 Å². The smallest absolute Gasteiger partial charge is 0.242 e. The van der Waals surface area contributed by atoms with Gasteiger partial charge < -0.3 is 15.6 Å². The Morgan fingerprint density at radius 3 is 2.79 bits per heavy atom. The van der Waals surface area contributed by atoms with Crippen molar-refractivity contribution in [2.24, 2.45) is 0 Å². The van der Waals surface area contributed by atoms with Crippen LogP contribution in [0.4, 0.5) is 10.1 Å². The van der Waals surface area contributed by atoms with Crippen molar-refractivity contribution in [1.82, 2.24) is 4.72 Å². The van der Waals surface area contributed by atoms with Crippen molar-refractivity contribution in [3.63, 3.8) is 0 Å². The lowest BCUT2D eigenvalue weighted by atomic mass is 10.3. The fourth-order valence-corrected chi connectivity index (χ4v) is 2.64. The molecule has 0 aromatic heterocycles. The number of hydrogen-bond donors (Lipinski definition) is 3. The van der Waals surface area contributed by atoms with E-state index < -0.39 is 21.9 Å². The number of rotatable bonds is 7. The molecule has 0 fully saturated rings. The lowest BCUT2D eigenvalue weighted by Crippen LogP contribution is -2.29. The van der Waals surface area contributed by atoms with Gasteiger partial charge in [0.15, 0.2) is 0 Å². The maximum absolute atomic E-state index is 12.8.